The molecule has 0 saturated carbocycles. The zero-order valence-electron chi connectivity index (χ0n) is 24.5. The summed E-state index contributed by atoms with van der Waals surface area (Å²) in [5.74, 6) is -1.08. The smallest absolute Gasteiger partial charge is 0.420 e. The van der Waals surface area contributed by atoms with E-state index in [2.05, 4.69) is 9.97 Å². The van der Waals surface area contributed by atoms with Crippen molar-refractivity contribution in [2.75, 3.05) is 11.5 Å². The van der Waals surface area contributed by atoms with Gasteiger partial charge in [0.15, 0.2) is 11.9 Å². The second-order valence-corrected chi connectivity index (χ2v) is 11.9. The Morgan fingerprint density at radius 1 is 0.905 bits per heavy atom. The number of nitrogens with zero attached hydrogens (tertiary/aromatic N) is 4. The van der Waals surface area contributed by atoms with Crippen molar-refractivity contribution in [2.45, 2.75) is 59.7 Å². The van der Waals surface area contributed by atoms with Gasteiger partial charge in [0.05, 0.1) is 23.0 Å². The number of hydrogen-bond donors (Lipinski definition) is 0. The summed E-state index contributed by atoms with van der Waals surface area (Å²) in [5.41, 5.74) is -0.202. The molecular weight excluding hydrogens is 540 g/mol. The molecule has 0 N–H and O–H groups in total. The molecule has 11 heteroatoms. The van der Waals surface area contributed by atoms with E-state index < -0.39 is 29.6 Å². The minimum atomic E-state index is -1.25. The number of pyridine rings is 2. The van der Waals surface area contributed by atoms with Crippen LogP contribution in [0, 0.1) is 5.41 Å². The van der Waals surface area contributed by atoms with E-state index in [4.69, 9.17) is 14.3 Å². The van der Waals surface area contributed by atoms with Gasteiger partial charge in [0.25, 0.3) is 11.8 Å². The van der Waals surface area contributed by atoms with Gasteiger partial charge in [0, 0.05) is 18.8 Å². The van der Waals surface area contributed by atoms with Crippen LogP contribution in [0.4, 0.5) is 16.3 Å². The first-order valence-electron chi connectivity index (χ1n) is 13.4. The predicted octanol–water partition coefficient (Wildman–Crippen LogP) is 5.53. The number of hydrogen-bond acceptors (Lipinski definition) is 9. The number of aromatic nitrogens is 2. The number of hydroxylamine groups is 2. The van der Waals surface area contributed by atoms with Crippen molar-refractivity contribution in [3.05, 3.63) is 78.2 Å². The summed E-state index contributed by atoms with van der Waals surface area (Å²) < 4.78 is 11.4. The van der Waals surface area contributed by atoms with E-state index in [0.29, 0.717) is 10.8 Å². The van der Waals surface area contributed by atoms with Gasteiger partial charge in [0.2, 0.25) is 0 Å². The van der Waals surface area contributed by atoms with Crippen molar-refractivity contribution in [2.24, 2.45) is 5.41 Å². The number of Topliss-reactive ketones (excluding diaryl/α,β-unsaturated/α-hetero) is 1. The first-order chi connectivity index (χ1) is 19.7. The number of rotatable bonds is 9. The van der Waals surface area contributed by atoms with Gasteiger partial charge in [-0.15, -0.1) is 5.06 Å². The lowest BCUT2D eigenvalue weighted by Gasteiger charge is -2.27. The van der Waals surface area contributed by atoms with Crippen molar-refractivity contribution >= 4 is 35.2 Å². The number of carbonyl (C=O) groups excluding carboxylic acids is 4. The highest BCUT2D eigenvalue weighted by atomic mass is 16.7. The van der Waals surface area contributed by atoms with E-state index in [1.807, 2.05) is 20.8 Å². The van der Waals surface area contributed by atoms with Gasteiger partial charge in [-0.2, -0.15) is 0 Å². The molecule has 1 atom stereocenters. The highest BCUT2D eigenvalue weighted by molar-refractivity contribution is 6.20. The second-order valence-electron chi connectivity index (χ2n) is 11.9. The number of carbonyl (C=O) groups is 4. The average Bonchev–Trinajstić information content (AvgIpc) is 3.15. The molecule has 1 aromatic carbocycles. The van der Waals surface area contributed by atoms with Crippen molar-refractivity contribution < 1.29 is 33.5 Å². The minimum Gasteiger partial charge on any atom is -0.489 e. The molecule has 11 nitrogen and oxygen atoms in total. The zero-order valence-corrected chi connectivity index (χ0v) is 24.5. The first kappa shape index (κ1) is 30.3. The Morgan fingerprint density at radius 3 is 2.05 bits per heavy atom. The molecule has 4 rings (SSSR count). The van der Waals surface area contributed by atoms with Gasteiger partial charge in [-0.25, -0.2) is 19.5 Å². The predicted molar refractivity (Wildman–Crippen MR) is 153 cm³/mol. The van der Waals surface area contributed by atoms with Crippen LogP contribution in [-0.4, -0.2) is 57.0 Å². The highest BCUT2D eigenvalue weighted by Crippen LogP contribution is 2.28. The van der Waals surface area contributed by atoms with E-state index in [9.17, 15) is 19.2 Å². The molecule has 1 aliphatic rings. The lowest BCUT2D eigenvalue weighted by atomic mass is 9.88. The molecule has 220 valence electrons. The van der Waals surface area contributed by atoms with Crippen LogP contribution in [0.25, 0.3) is 0 Å². The van der Waals surface area contributed by atoms with E-state index in [1.165, 1.54) is 23.2 Å². The Balaban J connectivity index is 1.52. The third-order valence-corrected chi connectivity index (χ3v) is 5.90. The average molecular weight is 575 g/mol. The molecule has 1 aliphatic heterocycles. The Labute approximate surface area is 244 Å². The zero-order chi connectivity index (χ0) is 30.7. The van der Waals surface area contributed by atoms with Gasteiger partial charge < -0.3 is 9.47 Å². The standard InChI is InChI=1S/C31H34N4O7/c1-30(2,3)17-24(36)25(42-35-27(37)22-9-7-8-10-23(22)28(35)38)19-40-21-11-12-26(33-18-21)34(20-13-15-32-16-14-20)29(39)41-31(4,5)6/h7-16,18,25H,17,19H2,1-6H3. The lowest BCUT2D eigenvalue weighted by Crippen LogP contribution is -2.42. The maximum Gasteiger partial charge on any atom is 0.420 e. The molecule has 0 radical (unpaired) electrons. The Hall–Kier alpha value is -4.64. The molecule has 0 bridgehead atoms. The fourth-order valence-electron chi connectivity index (χ4n) is 4.10. The highest BCUT2D eigenvalue weighted by Gasteiger charge is 2.40. The molecule has 3 amide bonds. The van der Waals surface area contributed by atoms with Crippen molar-refractivity contribution in [3.8, 4) is 5.75 Å². The van der Waals surface area contributed by atoms with E-state index in [1.54, 1.807) is 69.6 Å². The molecule has 1 unspecified atom stereocenters. The summed E-state index contributed by atoms with van der Waals surface area (Å²) in [7, 11) is 0. The summed E-state index contributed by atoms with van der Waals surface area (Å²) in [4.78, 5) is 67.4. The molecule has 0 saturated heterocycles. The normalized spacial score (nSPS) is 13.9. The Morgan fingerprint density at radius 2 is 1.52 bits per heavy atom. The summed E-state index contributed by atoms with van der Waals surface area (Å²) in [6.45, 7) is 10.7. The number of amides is 3. The topological polar surface area (TPSA) is 128 Å². The lowest BCUT2D eigenvalue weighted by molar-refractivity contribution is -0.164. The second kappa shape index (κ2) is 12.1. The molecule has 0 spiro atoms. The fraction of sp³-hybridized carbons (Fsp3) is 0.355. The SMILES string of the molecule is CC(C)(C)CC(=O)C(COc1ccc(N(C(=O)OC(C)(C)C)c2ccncc2)nc1)ON1C(=O)c2ccccc2C1=O. The van der Waals surface area contributed by atoms with E-state index in [-0.39, 0.29) is 46.9 Å². The maximum atomic E-state index is 13.2. The van der Waals surface area contributed by atoms with Crippen LogP contribution < -0.4 is 9.64 Å². The summed E-state index contributed by atoms with van der Waals surface area (Å²) >= 11 is 0. The minimum absolute atomic E-state index is 0.123. The molecule has 42 heavy (non-hydrogen) atoms. The molecule has 2 aromatic heterocycles. The van der Waals surface area contributed by atoms with Gasteiger partial charge in [-0.3, -0.25) is 19.4 Å². The number of ketones is 1. The molecular formula is C31H34N4O7. The molecule has 3 aromatic rings. The van der Waals surface area contributed by atoms with Gasteiger partial charge in [0.1, 0.15) is 23.8 Å². The first-order valence-corrected chi connectivity index (χ1v) is 13.4. The Bertz CT molecular complexity index is 1430. The van der Waals surface area contributed by atoms with E-state index in [0.717, 1.165) is 0 Å². The van der Waals surface area contributed by atoms with Gasteiger partial charge in [-0.1, -0.05) is 32.9 Å². The van der Waals surface area contributed by atoms with Crippen LogP contribution in [0.5, 0.6) is 5.75 Å². The number of anilines is 2. The largest absolute Gasteiger partial charge is 0.489 e. The van der Waals surface area contributed by atoms with Crippen LogP contribution in [0.1, 0.15) is 68.7 Å². The Kier molecular flexibility index (Phi) is 8.72. The quantitative estimate of drug-likeness (QED) is 0.303. The molecule has 3 heterocycles. The number of benzene rings is 1. The van der Waals surface area contributed by atoms with Crippen LogP contribution in [0.15, 0.2) is 67.1 Å². The monoisotopic (exact) mass is 574 g/mol. The third kappa shape index (κ3) is 7.35. The van der Waals surface area contributed by atoms with Crippen LogP contribution >= 0.6 is 0 Å². The number of fused-ring (bicyclic) bond motifs is 1. The van der Waals surface area contributed by atoms with Gasteiger partial charge >= 0.3 is 6.09 Å². The number of imide groups is 1. The number of ether oxygens (including phenoxy) is 2. The van der Waals surface area contributed by atoms with Gasteiger partial charge in [-0.05, 0) is 62.6 Å². The van der Waals surface area contributed by atoms with Crippen molar-refractivity contribution in [1.82, 2.24) is 15.0 Å². The summed E-state index contributed by atoms with van der Waals surface area (Å²) in [6, 6.07) is 12.8. The summed E-state index contributed by atoms with van der Waals surface area (Å²) in [5, 5.41) is 0.619. The molecule has 0 aliphatic carbocycles. The van der Waals surface area contributed by atoms with Crippen molar-refractivity contribution in [1.29, 1.82) is 0 Å². The molecule has 0 fully saturated rings. The summed E-state index contributed by atoms with van der Waals surface area (Å²) in [6.07, 6.45) is 2.73. The van der Waals surface area contributed by atoms with E-state index >= 15 is 0 Å². The van der Waals surface area contributed by atoms with Crippen LogP contribution in [-0.2, 0) is 14.4 Å². The van der Waals surface area contributed by atoms with Crippen LogP contribution in [0.2, 0.25) is 0 Å². The van der Waals surface area contributed by atoms with Crippen LogP contribution in [0.3, 0.4) is 0 Å². The maximum absolute atomic E-state index is 13.2. The van der Waals surface area contributed by atoms with Crippen molar-refractivity contribution in [3.63, 3.8) is 0 Å². The fourth-order valence-corrected chi connectivity index (χ4v) is 4.10. The third-order valence-electron chi connectivity index (χ3n) is 5.90.